The number of hydrogen-bond donors (Lipinski definition) is 1. The molecule has 0 aromatic heterocycles. The van der Waals surface area contributed by atoms with E-state index in [2.05, 4.69) is 4.74 Å². The summed E-state index contributed by atoms with van der Waals surface area (Å²) in [5.41, 5.74) is -0.561. The second kappa shape index (κ2) is 6.97. The zero-order valence-electron chi connectivity index (χ0n) is 12.8. The molecule has 1 N–H and O–H groups in total. The van der Waals surface area contributed by atoms with E-state index in [1.807, 2.05) is 0 Å². The summed E-state index contributed by atoms with van der Waals surface area (Å²) in [4.78, 5) is 10.8. The number of rotatable bonds is 6. The first kappa shape index (κ1) is 22.1. The fraction of sp³-hybridized carbons (Fsp3) is 0.500. The number of hydrogen-bond acceptors (Lipinski definition) is 3. The summed E-state index contributed by atoms with van der Waals surface area (Å²) in [6.07, 6.45) is -11.9. The van der Waals surface area contributed by atoms with Crippen molar-refractivity contribution in [2.24, 2.45) is 0 Å². The van der Waals surface area contributed by atoms with E-state index >= 15 is 0 Å². The van der Waals surface area contributed by atoms with Gasteiger partial charge in [0.15, 0.2) is 0 Å². The van der Waals surface area contributed by atoms with Crippen molar-refractivity contribution in [3.8, 4) is 5.75 Å². The molecule has 1 atom stereocenters. The lowest BCUT2D eigenvalue weighted by Crippen LogP contribution is -2.61. The van der Waals surface area contributed by atoms with Crippen LogP contribution >= 0.6 is 0 Å². The maximum Gasteiger partial charge on any atom is 0.460 e. The van der Waals surface area contributed by atoms with Crippen LogP contribution in [0.25, 0.3) is 0 Å². The SMILES string of the molecule is CC(=O)Oc1cccc(C(O)CC(F)(F)C(F)(F)C(F)(F)C(F)(F)F)c1. The number of carbonyl (C=O) groups excluding carboxylic acids is 1. The number of esters is 1. The minimum Gasteiger partial charge on any atom is -0.427 e. The molecule has 148 valence electrons. The first-order valence-electron chi connectivity index (χ1n) is 6.69. The predicted octanol–water partition coefficient (Wildman–Crippen LogP) is 4.50. The van der Waals surface area contributed by atoms with Gasteiger partial charge in [0.2, 0.25) is 0 Å². The summed E-state index contributed by atoms with van der Waals surface area (Å²) >= 11 is 0. The second-order valence-corrected chi connectivity index (χ2v) is 5.24. The quantitative estimate of drug-likeness (QED) is 0.436. The number of ether oxygens (including phenoxy) is 1. The first-order valence-corrected chi connectivity index (χ1v) is 6.69. The number of aliphatic hydroxyl groups is 1. The monoisotopic (exact) mass is 398 g/mol. The number of halogens is 9. The van der Waals surface area contributed by atoms with Gasteiger partial charge in [-0.2, -0.15) is 39.5 Å². The molecule has 1 aromatic rings. The molecule has 1 unspecified atom stereocenters. The smallest absolute Gasteiger partial charge is 0.427 e. The molecule has 1 rings (SSSR count). The van der Waals surface area contributed by atoms with Gasteiger partial charge in [0, 0.05) is 13.3 Å². The van der Waals surface area contributed by atoms with Crippen molar-refractivity contribution in [3.05, 3.63) is 29.8 Å². The van der Waals surface area contributed by atoms with Crippen molar-refractivity contribution in [2.45, 2.75) is 43.4 Å². The molecule has 0 radical (unpaired) electrons. The minimum atomic E-state index is -7.02. The van der Waals surface area contributed by atoms with Crippen LogP contribution in [0.4, 0.5) is 39.5 Å². The van der Waals surface area contributed by atoms with Gasteiger partial charge in [-0.1, -0.05) is 12.1 Å². The maximum atomic E-state index is 13.5. The Morgan fingerprint density at radius 2 is 1.58 bits per heavy atom. The molecule has 0 heterocycles. The Kier molecular flexibility index (Phi) is 5.91. The predicted molar refractivity (Wildman–Crippen MR) is 68.2 cm³/mol. The summed E-state index contributed by atoms with van der Waals surface area (Å²) in [6.45, 7) is 0.969. The summed E-state index contributed by atoms with van der Waals surface area (Å²) in [6, 6.07) is 3.84. The Balaban J connectivity index is 3.10. The highest BCUT2D eigenvalue weighted by atomic mass is 19.4. The van der Waals surface area contributed by atoms with Crippen LogP contribution in [0.1, 0.15) is 25.0 Å². The Morgan fingerprint density at radius 1 is 1.04 bits per heavy atom. The van der Waals surface area contributed by atoms with Gasteiger partial charge < -0.3 is 9.84 Å². The van der Waals surface area contributed by atoms with Crippen molar-refractivity contribution < 1.29 is 54.2 Å². The summed E-state index contributed by atoms with van der Waals surface area (Å²) in [5.74, 6) is -20.9. The molecule has 0 saturated heterocycles. The van der Waals surface area contributed by atoms with E-state index in [0.717, 1.165) is 31.2 Å². The Hall–Kier alpha value is -1.98. The molecule has 0 amide bonds. The third kappa shape index (κ3) is 4.22. The van der Waals surface area contributed by atoms with E-state index in [9.17, 15) is 49.4 Å². The van der Waals surface area contributed by atoms with Crippen molar-refractivity contribution >= 4 is 5.97 Å². The van der Waals surface area contributed by atoms with Crippen LogP contribution < -0.4 is 4.74 Å². The Labute approximate surface area is 140 Å². The van der Waals surface area contributed by atoms with Crippen LogP contribution in [0, 0.1) is 0 Å². The molecule has 0 aliphatic rings. The van der Waals surface area contributed by atoms with Crippen LogP contribution in [0.2, 0.25) is 0 Å². The lowest BCUT2D eigenvalue weighted by atomic mass is 9.95. The number of alkyl halides is 9. The highest BCUT2D eigenvalue weighted by Crippen LogP contribution is 2.55. The van der Waals surface area contributed by atoms with Crippen molar-refractivity contribution in [1.29, 1.82) is 0 Å². The van der Waals surface area contributed by atoms with E-state index in [1.54, 1.807) is 0 Å². The highest BCUT2D eigenvalue weighted by molar-refractivity contribution is 5.69. The molecule has 12 heteroatoms. The fourth-order valence-corrected chi connectivity index (χ4v) is 1.85. The van der Waals surface area contributed by atoms with E-state index in [0.29, 0.717) is 0 Å². The van der Waals surface area contributed by atoms with Crippen LogP contribution in [0.15, 0.2) is 24.3 Å². The molecule has 0 bridgehead atoms. The molecular formula is C14H11F9O3. The average Bonchev–Trinajstić information content (AvgIpc) is 2.44. The molecule has 1 aromatic carbocycles. The van der Waals surface area contributed by atoms with E-state index in [4.69, 9.17) is 0 Å². The van der Waals surface area contributed by atoms with Gasteiger partial charge >= 0.3 is 29.9 Å². The van der Waals surface area contributed by atoms with Gasteiger partial charge in [-0.3, -0.25) is 4.79 Å². The van der Waals surface area contributed by atoms with Gasteiger partial charge in [0.1, 0.15) is 5.75 Å². The molecule has 3 nitrogen and oxygen atoms in total. The van der Waals surface area contributed by atoms with E-state index < -0.39 is 48.0 Å². The third-order valence-corrected chi connectivity index (χ3v) is 3.16. The molecule has 0 aliphatic heterocycles. The third-order valence-electron chi connectivity index (χ3n) is 3.16. The first-order chi connectivity index (χ1) is 11.5. The molecule has 0 saturated carbocycles. The Bertz CT molecular complexity index is 655. The summed E-state index contributed by atoms with van der Waals surface area (Å²) in [7, 11) is 0. The normalized spacial score (nSPS) is 14.9. The van der Waals surface area contributed by atoms with Crippen LogP contribution in [-0.2, 0) is 4.79 Å². The molecule has 0 aliphatic carbocycles. The van der Waals surface area contributed by atoms with Crippen LogP contribution in [0.5, 0.6) is 5.75 Å². The van der Waals surface area contributed by atoms with Crippen LogP contribution in [-0.4, -0.2) is 35.0 Å². The lowest BCUT2D eigenvalue weighted by molar-refractivity contribution is -0.398. The average molecular weight is 398 g/mol. The van der Waals surface area contributed by atoms with Gasteiger partial charge in [-0.05, 0) is 17.7 Å². The topological polar surface area (TPSA) is 46.5 Å². The number of carbonyl (C=O) groups is 1. The Morgan fingerprint density at radius 3 is 2.04 bits per heavy atom. The van der Waals surface area contributed by atoms with E-state index in [-0.39, 0.29) is 5.75 Å². The second-order valence-electron chi connectivity index (χ2n) is 5.24. The largest absolute Gasteiger partial charge is 0.460 e. The molecule has 0 spiro atoms. The van der Waals surface area contributed by atoms with Crippen molar-refractivity contribution in [1.82, 2.24) is 0 Å². The van der Waals surface area contributed by atoms with Crippen LogP contribution in [0.3, 0.4) is 0 Å². The lowest BCUT2D eigenvalue weighted by Gasteiger charge is -2.34. The van der Waals surface area contributed by atoms with Gasteiger partial charge in [0.25, 0.3) is 0 Å². The van der Waals surface area contributed by atoms with Gasteiger partial charge in [-0.15, -0.1) is 0 Å². The minimum absolute atomic E-state index is 0.287. The van der Waals surface area contributed by atoms with Gasteiger partial charge in [0.05, 0.1) is 6.10 Å². The summed E-state index contributed by atoms with van der Waals surface area (Å²) in [5, 5.41) is 9.57. The number of aliphatic hydroxyl groups excluding tert-OH is 1. The van der Waals surface area contributed by atoms with Gasteiger partial charge in [-0.25, -0.2) is 0 Å². The zero-order valence-corrected chi connectivity index (χ0v) is 12.8. The maximum absolute atomic E-state index is 13.5. The van der Waals surface area contributed by atoms with Crippen molar-refractivity contribution in [3.63, 3.8) is 0 Å². The summed E-state index contributed by atoms with van der Waals surface area (Å²) < 4.78 is 120. The zero-order chi connectivity index (χ0) is 20.6. The highest BCUT2D eigenvalue weighted by Gasteiger charge is 2.81. The van der Waals surface area contributed by atoms with E-state index in [1.165, 1.54) is 0 Å². The standard InChI is InChI=1S/C14H11F9O3/c1-7(24)26-9-4-2-3-8(5-9)10(25)6-11(15,16)12(17,18)13(19,20)14(21,22)23/h2-5,10,25H,6H2,1H3. The molecule has 26 heavy (non-hydrogen) atoms. The molecular weight excluding hydrogens is 387 g/mol. The molecule has 0 fully saturated rings. The van der Waals surface area contributed by atoms with Crippen molar-refractivity contribution in [2.75, 3.05) is 0 Å². The fourth-order valence-electron chi connectivity index (χ4n) is 1.85. The number of benzene rings is 1.